The molecule has 1 aliphatic heterocycles. The van der Waals surface area contributed by atoms with Gasteiger partial charge in [-0.2, -0.15) is 0 Å². The molecular weight excluding hydrogens is 148 g/mol. The summed E-state index contributed by atoms with van der Waals surface area (Å²) in [4.78, 5) is 0. The van der Waals surface area contributed by atoms with Crippen LogP contribution in [-0.4, -0.2) is 29.5 Å². The van der Waals surface area contributed by atoms with E-state index in [0.717, 1.165) is 18.8 Å². The number of aliphatic hydroxyl groups is 1. The van der Waals surface area contributed by atoms with Gasteiger partial charge < -0.3 is 9.84 Å². The van der Waals surface area contributed by atoms with Gasteiger partial charge in [-0.25, -0.2) is 0 Å². The van der Waals surface area contributed by atoms with E-state index in [9.17, 15) is 0 Å². The standard InChI is InChI=1S/C7H14O2S/c8-4-6-10-7-3-1-2-5-9-7/h7-8H,1-6H2. The van der Waals surface area contributed by atoms with Gasteiger partial charge >= 0.3 is 0 Å². The molecule has 1 rings (SSSR count). The van der Waals surface area contributed by atoms with E-state index in [-0.39, 0.29) is 6.61 Å². The van der Waals surface area contributed by atoms with Crippen LogP contribution in [0, 0.1) is 0 Å². The molecule has 1 saturated heterocycles. The van der Waals surface area contributed by atoms with Crippen LogP contribution >= 0.6 is 11.8 Å². The van der Waals surface area contributed by atoms with Crippen LogP contribution in [-0.2, 0) is 4.74 Å². The van der Waals surface area contributed by atoms with Gasteiger partial charge in [0.25, 0.3) is 0 Å². The number of hydrogen-bond donors (Lipinski definition) is 1. The Kier molecular flexibility index (Phi) is 4.18. The smallest absolute Gasteiger partial charge is 0.103 e. The molecule has 0 amide bonds. The summed E-state index contributed by atoms with van der Waals surface area (Å²) in [7, 11) is 0. The molecule has 3 heteroatoms. The highest BCUT2D eigenvalue weighted by atomic mass is 32.2. The largest absolute Gasteiger partial charge is 0.396 e. The van der Waals surface area contributed by atoms with Crippen molar-refractivity contribution in [2.24, 2.45) is 0 Å². The fourth-order valence-corrected chi connectivity index (χ4v) is 1.92. The normalized spacial score (nSPS) is 26.7. The lowest BCUT2D eigenvalue weighted by atomic mass is 10.2. The van der Waals surface area contributed by atoms with E-state index in [2.05, 4.69) is 0 Å². The number of ether oxygens (including phenoxy) is 1. The third kappa shape index (κ3) is 2.90. The maximum Gasteiger partial charge on any atom is 0.103 e. The predicted octanol–water partition coefficient (Wildman–Crippen LogP) is 1.24. The SMILES string of the molecule is OCCSC1CCCCO1. The van der Waals surface area contributed by atoms with Crippen molar-refractivity contribution in [1.29, 1.82) is 0 Å². The summed E-state index contributed by atoms with van der Waals surface area (Å²) in [6.07, 6.45) is 3.64. The fourth-order valence-electron chi connectivity index (χ4n) is 1.03. The maximum atomic E-state index is 8.52. The van der Waals surface area contributed by atoms with Crippen LogP contribution < -0.4 is 0 Å². The van der Waals surface area contributed by atoms with Gasteiger partial charge in [-0.05, 0) is 19.3 Å². The highest BCUT2D eigenvalue weighted by Crippen LogP contribution is 2.22. The van der Waals surface area contributed by atoms with Gasteiger partial charge in [-0.3, -0.25) is 0 Å². The van der Waals surface area contributed by atoms with E-state index < -0.39 is 0 Å². The first-order valence-corrected chi connectivity index (χ1v) is 4.82. The first kappa shape index (κ1) is 8.37. The minimum atomic E-state index is 0.268. The van der Waals surface area contributed by atoms with E-state index in [1.807, 2.05) is 0 Å². The van der Waals surface area contributed by atoms with Crippen molar-refractivity contribution in [2.75, 3.05) is 19.0 Å². The molecule has 1 fully saturated rings. The lowest BCUT2D eigenvalue weighted by molar-refractivity contribution is 0.0726. The highest BCUT2D eigenvalue weighted by molar-refractivity contribution is 7.99. The van der Waals surface area contributed by atoms with Gasteiger partial charge in [0, 0.05) is 12.4 Å². The summed E-state index contributed by atoms with van der Waals surface area (Å²) < 4.78 is 5.43. The Morgan fingerprint density at radius 2 is 2.40 bits per heavy atom. The molecule has 1 heterocycles. The summed E-state index contributed by atoms with van der Waals surface area (Å²) in [5.74, 6) is 0.810. The van der Waals surface area contributed by atoms with Crippen molar-refractivity contribution in [3.8, 4) is 0 Å². The molecule has 1 atom stereocenters. The Morgan fingerprint density at radius 3 is 3.00 bits per heavy atom. The lowest BCUT2D eigenvalue weighted by Crippen LogP contribution is -2.16. The van der Waals surface area contributed by atoms with Crippen LogP contribution in [0.3, 0.4) is 0 Å². The molecule has 10 heavy (non-hydrogen) atoms. The zero-order valence-corrected chi connectivity index (χ0v) is 6.90. The van der Waals surface area contributed by atoms with Gasteiger partial charge in [0.2, 0.25) is 0 Å². The summed E-state index contributed by atoms with van der Waals surface area (Å²) >= 11 is 1.73. The molecule has 0 bridgehead atoms. The molecule has 0 spiro atoms. The summed E-state index contributed by atoms with van der Waals surface area (Å²) in [5, 5.41) is 8.52. The van der Waals surface area contributed by atoms with Crippen LogP contribution in [0.5, 0.6) is 0 Å². The zero-order valence-electron chi connectivity index (χ0n) is 6.08. The van der Waals surface area contributed by atoms with Crippen LogP contribution in [0.1, 0.15) is 19.3 Å². The molecule has 0 radical (unpaired) electrons. The molecular formula is C7H14O2S. The molecule has 0 aliphatic carbocycles. The van der Waals surface area contributed by atoms with Crippen molar-refractivity contribution in [2.45, 2.75) is 24.7 Å². The van der Waals surface area contributed by atoms with Crippen LogP contribution in [0.25, 0.3) is 0 Å². The maximum absolute atomic E-state index is 8.52. The van der Waals surface area contributed by atoms with Gasteiger partial charge in [0.15, 0.2) is 0 Å². The quantitative estimate of drug-likeness (QED) is 0.677. The van der Waals surface area contributed by atoms with Gasteiger partial charge in [-0.15, -0.1) is 11.8 Å². The molecule has 2 nitrogen and oxygen atoms in total. The van der Waals surface area contributed by atoms with E-state index in [4.69, 9.17) is 9.84 Å². The van der Waals surface area contributed by atoms with Crippen molar-refractivity contribution >= 4 is 11.8 Å². The molecule has 1 N–H and O–H groups in total. The Balaban J connectivity index is 2.02. The second-order valence-electron chi connectivity index (χ2n) is 2.39. The van der Waals surface area contributed by atoms with E-state index >= 15 is 0 Å². The molecule has 1 unspecified atom stereocenters. The van der Waals surface area contributed by atoms with Crippen molar-refractivity contribution in [3.63, 3.8) is 0 Å². The van der Waals surface area contributed by atoms with Gasteiger partial charge in [0.05, 0.1) is 6.61 Å². The zero-order chi connectivity index (χ0) is 7.23. The number of hydrogen-bond acceptors (Lipinski definition) is 3. The average Bonchev–Trinajstić information content (AvgIpc) is 2.03. The Bertz CT molecular complexity index is 81.7. The summed E-state index contributed by atoms with van der Waals surface area (Å²) in [6, 6.07) is 0. The Morgan fingerprint density at radius 1 is 1.50 bits per heavy atom. The van der Waals surface area contributed by atoms with Crippen molar-refractivity contribution < 1.29 is 9.84 Å². The molecule has 0 aromatic rings. The van der Waals surface area contributed by atoms with Crippen molar-refractivity contribution in [3.05, 3.63) is 0 Å². The van der Waals surface area contributed by atoms with E-state index in [0.29, 0.717) is 5.44 Å². The van der Waals surface area contributed by atoms with E-state index in [1.54, 1.807) is 11.8 Å². The fraction of sp³-hybridized carbons (Fsp3) is 1.00. The first-order valence-electron chi connectivity index (χ1n) is 3.77. The van der Waals surface area contributed by atoms with Crippen LogP contribution in [0.15, 0.2) is 0 Å². The minimum absolute atomic E-state index is 0.268. The summed E-state index contributed by atoms with van der Waals surface area (Å²) in [5.41, 5.74) is 0.362. The van der Waals surface area contributed by atoms with Gasteiger partial charge in [0.1, 0.15) is 5.44 Å². The second kappa shape index (κ2) is 4.99. The number of thioether (sulfide) groups is 1. The minimum Gasteiger partial charge on any atom is -0.396 e. The molecule has 0 aromatic heterocycles. The average molecular weight is 162 g/mol. The number of aliphatic hydroxyl groups excluding tert-OH is 1. The second-order valence-corrected chi connectivity index (χ2v) is 3.66. The molecule has 0 saturated carbocycles. The molecule has 1 aliphatic rings. The summed E-state index contributed by atoms with van der Waals surface area (Å²) in [6.45, 7) is 1.17. The highest BCUT2D eigenvalue weighted by Gasteiger charge is 2.12. The van der Waals surface area contributed by atoms with Crippen molar-refractivity contribution in [1.82, 2.24) is 0 Å². The monoisotopic (exact) mass is 162 g/mol. The number of rotatable bonds is 3. The molecule has 0 aromatic carbocycles. The lowest BCUT2D eigenvalue weighted by Gasteiger charge is -2.21. The molecule has 60 valence electrons. The van der Waals surface area contributed by atoms with Crippen LogP contribution in [0.4, 0.5) is 0 Å². The van der Waals surface area contributed by atoms with Crippen LogP contribution in [0.2, 0.25) is 0 Å². The van der Waals surface area contributed by atoms with Gasteiger partial charge in [-0.1, -0.05) is 0 Å². The Labute approximate surface area is 66.0 Å². The Hall–Kier alpha value is 0.270. The third-order valence-electron chi connectivity index (χ3n) is 1.53. The topological polar surface area (TPSA) is 29.5 Å². The van der Waals surface area contributed by atoms with E-state index in [1.165, 1.54) is 12.8 Å². The third-order valence-corrected chi connectivity index (χ3v) is 2.69. The first-order chi connectivity index (χ1) is 4.93. The predicted molar refractivity (Wildman–Crippen MR) is 43.1 cm³/mol.